The summed E-state index contributed by atoms with van der Waals surface area (Å²) >= 11 is 0. The molecule has 0 saturated heterocycles. The maximum Gasteiger partial charge on any atom is 0.311 e. The van der Waals surface area contributed by atoms with Crippen molar-refractivity contribution in [2.45, 2.75) is 84.7 Å². The highest BCUT2D eigenvalue weighted by Gasteiger charge is 2.49. The van der Waals surface area contributed by atoms with Crippen molar-refractivity contribution in [1.29, 1.82) is 0 Å². The molecule has 2 aliphatic rings. The number of rotatable bonds is 8. The fourth-order valence-corrected chi connectivity index (χ4v) is 4.75. The summed E-state index contributed by atoms with van der Waals surface area (Å²) in [5, 5.41) is 30.1. The van der Waals surface area contributed by atoms with Crippen molar-refractivity contribution in [1.82, 2.24) is 0 Å². The van der Waals surface area contributed by atoms with Gasteiger partial charge < -0.3 is 20.1 Å². The van der Waals surface area contributed by atoms with Crippen LogP contribution >= 0.6 is 0 Å². The largest absolute Gasteiger partial charge is 0.462 e. The van der Waals surface area contributed by atoms with Gasteiger partial charge >= 0.3 is 5.97 Å². The van der Waals surface area contributed by atoms with Crippen LogP contribution in [0, 0.1) is 23.2 Å². The number of esters is 1. The van der Waals surface area contributed by atoms with E-state index >= 15 is 0 Å². The van der Waals surface area contributed by atoms with Crippen molar-refractivity contribution in [3.05, 3.63) is 48.1 Å². The fraction of sp³-hybridized carbons (Fsp3) is 0.654. The molecule has 0 aromatic rings. The average molecular weight is 433 g/mol. The van der Waals surface area contributed by atoms with Gasteiger partial charge in [-0.25, -0.2) is 0 Å². The minimum atomic E-state index is -0.939. The molecule has 0 aliphatic heterocycles. The SMILES string of the molecule is C=C(C)C1CC2(C)C(=CC1O)CCC(OC(=O)C(C)C(O)C=CC=CCC(C)O)C2C. The summed E-state index contributed by atoms with van der Waals surface area (Å²) in [6.45, 7) is 13.7. The molecule has 1 saturated carbocycles. The molecule has 2 rings (SSSR count). The van der Waals surface area contributed by atoms with Gasteiger partial charge in [0.05, 0.1) is 24.2 Å². The quantitative estimate of drug-likeness (QED) is 0.305. The van der Waals surface area contributed by atoms with Gasteiger partial charge in [0, 0.05) is 11.8 Å². The molecule has 0 aromatic heterocycles. The standard InChI is InChI=1S/C26H40O5/c1-16(2)21-15-26(6)19(5)24(13-12-20(26)14-23(21)29)31-25(30)18(4)22(28)11-9-7-8-10-17(3)27/h7-9,11,14,17-19,21-24,27-29H,1,10,12-13,15H2,2-6H3. The number of hydrogen-bond acceptors (Lipinski definition) is 5. The van der Waals surface area contributed by atoms with Crippen LogP contribution in [0.15, 0.2) is 48.1 Å². The van der Waals surface area contributed by atoms with Gasteiger partial charge in [-0.05, 0) is 51.9 Å². The van der Waals surface area contributed by atoms with Crippen molar-refractivity contribution in [3.63, 3.8) is 0 Å². The Labute approximate surface area is 187 Å². The molecule has 8 unspecified atom stereocenters. The first-order valence-corrected chi connectivity index (χ1v) is 11.4. The number of fused-ring (bicyclic) bond motifs is 1. The van der Waals surface area contributed by atoms with Crippen LogP contribution in [0.25, 0.3) is 0 Å². The van der Waals surface area contributed by atoms with Crippen molar-refractivity contribution >= 4 is 5.97 Å². The first-order chi connectivity index (χ1) is 14.5. The third-order valence-electron chi connectivity index (χ3n) is 7.24. The van der Waals surface area contributed by atoms with Crippen LogP contribution < -0.4 is 0 Å². The maximum atomic E-state index is 12.7. The van der Waals surface area contributed by atoms with Gasteiger partial charge in [0.1, 0.15) is 6.10 Å². The monoisotopic (exact) mass is 432 g/mol. The Morgan fingerprint density at radius 1 is 1.35 bits per heavy atom. The van der Waals surface area contributed by atoms with Crippen molar-refractivity contribution in [2.24, 2.45) is 23.2 Å². The minimum absolute atomic E-state index is 0.0124. The maximum absolute atomic E-state index is 12.7. The molecule has 1 fully saturated rings. The second kappa shape index (κ2) is 10.8. The van der Waals surface area contributed by atoms with Gasteiger partial charge in [-0.3, -0.25) is 4.79 Å². The van der Waals surface area contributed by atoms with Gasteiger partial charge in [-0.2, -0.15) is 0 Å². The van der Waals surface area contributed by atoms with Gasteiger partial charge in [0.15, 0.2) is 0 Å². The smallest absolute Gasteiger partial charge is 0.311 e. The molecule has 5 nitrogen and oxygen atoms in total. The third kappa shape index (κ3) is 6.18. The summed E-state index contributed by atoms with van der Waals surface area (Å²) in [4.78, 5) is 12.7. The van der Waals surface area contributed by atoms with E-state index in [2.05, 4.69) is 20.4 Å². The van der Waals surface area contributed by atoms with E-state index in [0.29, 0.717) is 6.42 Å². The van der Waals surface area contributed by atoms with Crippen molar-refractivity contribution < 1.29 is 24.9 Å². The lowest BCUT2D eigenvalue weighted by molar-refractivity contribution is -0.163. The molecule has 2 aliphatic carbocycles. The van der Waals surface area contributed by atoms with Crippen LogP contribution in [0.5, 0.6) is 0 Å². The zero-order valence-corrected chi connectivity index (χ0v) is 19.6. The van der Waals surface area contributed by atoms with E-state index in [4.69, 9.17) is 4.74 Å². The lowest BCUT2D eigenvalue weighted by Crippen LogP contribution is -2.47. The highest BCUT2D eigenvalue weighted by atomic mass is 16.5. The highest BCUT2D eigenvalue weighted by Crippen LogP contribution is 2.53. The Morgan fingerprint density at radius 2 is 2.03 bits per heavy atom. The van der Waals surface area contributed by atoms with E-state index < -0.39 is 30.2 Å². The summed E-state index contributed by atoms with van der Waals surface area (Å²) in [6.07, 6.45) is 9.59. The third-order valence-corrected chi connectivity index (χ3v) is 7.24. The number of aliphatic hydroxyl groups is 3. The summed E-state index contributed by atoms with van der Waals surface area (Å²) < 4.78 is 5.89. The number of aliphatic hydroxyl groups excluding tert-OH is 3. The van der Waals surface area contributed by atoms with E-state index in [1.165, 1.54) is 5.57 Å². The minimum Gasteiger partial charge on any atom is -0.462 e. The summed E-state index contributed by atoms with van der Waals surface area (Å²) in [5.41, 5.74) is 2.07. The normalized spacial score (nSPS) is 34.1. The fourth-order valence-electron chi connectivity index (χ4n) is 4.75. The summed E-state index contributed by atoms with van der Waals surface area (Å²) in [6, 6.07) is 0. The molecular formula is C26H40O5. The molecule has 8 atom stereocenters. The van der Waals surface area contributed by atoms with Crippen LogP contribution in [0.2, 0.25) is 0 Å². The molecule has 5 heteroatoms. The Balaban J connectivity index is 2.01. The molecule has 0 aromatic carbocycles. The van der Waals surface area contributed by atoms with Crippen LogP contribution in [0.4, 0.5) is 0 Å². The van der Waals surface area contributed by atoms with Crippen LogP contribution in [-0.4, -0.2) is 45.7 Å². The Morgan fingerprint density at radius 3 is 2.65 bits per heavy atom. The predicted octanol–water partition coefficient (Wildman–Crippen LogP) is 4.10. The van der Waals surface area contributed by atoms with Crippen LogP contribution in [0.1, 0.15) is 60.3 Å². The predicted molar refractivity (Wildman–Crippen MR) is 123 cm³/mol. The van der Waals surface area contributed by atoms with Gasteiger partial charge in [0.25, 0.3) is 0 Å². The summed E-state index contributed by atoms with van der Waals surface area (Å²) in [5.74, 6) is -0.951. The molecule has 0 radical (unpaired) electrons. The first kappa shape index (κ1) is 25.6. The molecule has 0 heterocycles. The molecule has 0 spiro atoms. The van der Waals surface area contributed by atoms with E-state index in [0.717, 1.165) is 24.8 Å². The molecule has 0 amide bonds. The first-order valence-electron chi connectivity index (χ1n) is 11.4. The zero-order valence-electron chi connectivity index (χ0n) is 19.6. The molecule has 31 heavy (non-hydrogen) atoms. The number of carbonyl (C=O) groups excluding carboxylic acids is 1. The van der Waals surface area contributed by atoms with Crippen molar-refractivity contribution in [3.8, 4) is 0 Å². The topological polar surface area (TPSA) is 87.0 Å². The second-order valence-electron chi connectivity index (χ2n) is 9.74. The Kier molecular flexibility index (Phi) is 8.87. The number of carbonyl (C=O) groups is 1. The Hall–Kier alpha value is -1.69. The highest BCUT2D eigenvalue weighted by molar-refractivity contribution is 5.73. The van der Waals surface area contributed by atoms with E-state index in [1.807, 2.05) is 19.1 Å². The number of hydrogen-bond donors (Lipinski definition) is 3. The van der Waals surface area contributed by atoms with Crippen molar-refractivity contribution in [2.75, 3.05) is 0 Å². The lowest BCUT2D eigenvalue weighted by Gasteiger charge is -2.51. The Bertz CT molecular complexity index is 734. The molecule has 174 valence electrons. The molecular weight excluding hydrogens is 392 g/mol. The summed E-state index contributed by atoms with van der Waals surface area (Å²) in [7, 11) is 0. The van der Waals surface area contributed by atoms with E-state index in [1.54, 1.807) is 32.1 Å². The molecule has 3 N–H and O–H groups in total. The van der Waals surface area contributed by atoms with Gasteiger partial charge in [-0.1, -0.05) is 62.0 Å². The van der Waals surface area contributed by atoms with Crippen LogP contribution in [-0.2, 0) is 9.53 Å². The van der Waals surface area contributed by atoms with Gasteiger partial charge in [-0.15, -0.1) is 0 Å². The lowest BCUT2D eigenvalue weighted by atomic mass is 9.56. The van der Waals surface area contributed by atoms with Gasteiger partial charge in [0.2, 0.25) is 0 Å². The average Bonchev–Trinajstić information content (AvgIpc) is 2.70. The second-order valence-corrected chi connectivity index (χ2v) is 9.74. The molecule has 0 bridgehead atoms. The van der Waals surface area contributed by atoms with E-state index in [-0.39, 0.29) is 23.4 Å². The zero-order chi connectivity index (χ0) is 23.3. The number of ether oxygens (including phenoxy) is 1. The van der Waals surface area contributed by atoms with E-state index in [9.17, 15) is 20.1 Å². The number of allylic oxidation sites excluding steroid dienone is 3. The van der Waals surface area contributed by atoms with Crippen LogP contribution in [0.3, 0.4) is 0 Å².